The van der Waals surface area contributed by atoms with Crippen LogP contribution in [-0.2, 0) is 13.0 Å². The SMILES string of the molecule is COc1ccc(NC(=S)N(CCc2ccc(OC)c(OC)c2)Cc2ccccn2)cc1. The van der Waals surface area contributed by atoms with Crippen molar-refractivity contribution in [1.82, 2.24) is 9.88 Å². The van der Waals surface area contributed by atoms with Gasteiger partial charge in [-0.3, -0.25) is 4.98 Å². The van der Waals surface area contributed by atoms with Crippen molar-refractivity contribution in [2.75, 3.05) is 33.2 Å². The fourth-order valence-corrected chi connectivity index (χ4v) is 3.39. The molecule has 1 heterocycles. The lowest BCUT2D eigenvalue weighted by atomic mass is 10.1. The lowest BCUT2D eigenvalue weighted by Gasteiger charge is -2.26. The number of ether oxygens (including phenoxy) is 3. The summed E-state index contributed by atoms with van der Waals surface area (Å²) in [5.41, 5.74) is 2.99. The minimum atomic E-state index is 0.607. The number of pyridine rings is 1. The molecule has 1 aromatic heterocycles. The van der Waals surface area contributed by atoms with Crippen molar-refractivity contribution in [2.24, 2.45) is 0 Å². The van der Waals surface area contributed by atoms with Crippen LogP contribution in [0.2, 0.25) is 0 Å². The number of anilines is 1. The highest BCUT2D eigenvalue weighted by Gasteiger charge is 2.13. The summed E-state index contributed by atoms with van der Waals surface area (Å²) in [5.74, 6) is 2.23. The molecule has 7 heteroatoms. The smallest absolute Gasteiger partial charge is 0.173 e. The van der Waals surface area contributed by atoms with Crippen LogP contribution in [0.3, 0.4) is 0 Å². The van der Waals surface area contributed by atoms with E-state index in [4.69, 9.17) is 26.4 Å². The largest absolute Gasteiger partial charge is 0.497 e. The first-order valence-electron chi connectivity index (χ1n) is 9.93. The highest BCUT2D eigenvalue weighted by atomic mass is 32.1. The molecule has 0 radical (unpaired) electrons. The second-order valence-electron chi connectivity index (χ2n) is 6.84. The van der Waals surface area contributed by atoms with Crippen LogP contribution >= 0.6 is 12.2 Å². The predicted molar refractivity (Wildman–Crippen MR) is 127 cm³/mol. The first kappa shape index (κ1) is 22.4. The first-order chi connectivity index (χ1) is 15.1. The van der Waals surface area contributed by atoms with E-state index in [0.717, 1.165) is 34.9 Å². The number of hydrogen-bond donors (Lipinski definition) is 1. The van der Waals surface area contributed by atoms with E-state index in [2.05, 4.69) is 15.2 Å². The Labute approximate surface area is 188 Å². The second-order valence-corrected chi connectivity index (χ2v) is 7.23. The summed E-state index contributed by atoms with van der Waals surface area (Å²) in [6, 6.07) is 19.5. The van der Waals surface area contributed by atoms with Crippen LogP contribution in [-0.4, -0.2) is 42.9 Å². The molecule has 0 spiro atoms. The van der Waals surface area contributed by atoms with Crippen LogP contribution < -0.4 is 19.5 Å². The zero-order valence-corrected chi connectivity index (χ0v) is 18.8. The summed E-state index contributed by atoms with van der Waals surface area (Å²) in [5, 5.41) is 3.96. The molecule has 1 N–H and O–H groups in total. The van der Waals surface area contributed by atoms with Crippen LogP contribution in [0, 0.1) is 0 Å². The van der Waals surface area contributed by atoms with E-state index >= 15 is 0 Å². The summed E-state index contributed by atoms with van der Waals surface area (Å²) in [7, 11) is 4.92. The molecule has 2 aromatic carbocycles. The van der Waals surface area contributed by atoms with Crippen LogP contribution in [0.4, 0.5) is 5.69 Å². The summed E-state index contributed by atoms with van der Waals surface area (Å²) in [6.07, 6.45) is 2.58. The van der Waals surface area contributed by atoms with Gasteiger partial charge in [-0.15, -0.1) is 0 Å². The van der Waals surface area contributed by atoms with Crippen LogP contribution in [0.25, 0.3) is 0 Å². The Morgan fingerprint density at radius 1 is 0.935 bits per heavy atom. The number of nitrogens with one attached hydrogen (secondary N) is 1. The van der Waals surface area contributed by atoms with Crippen molar-refractivity contribution in [3.63, 3.8) is 0 Å². The number of hydrogen-bond acceptors (Lipinski definition) is 5. The molecule has 0 saturated carbocycles. The average Bonchev–Trinajstić information content (AvgIpc) is 2.82. The van der Waals surface area contributed by atoms with Crippen LogP contribution in [0.1, 0.15) is 11.3 Å². The van der Waals surface area contributed by atoms with E-state index in [-0.39, 0.29) is 0 Å². The van der Waals surface area contributed by atoms with E-state index in [9.17, 15) is 0 Å². The van der Waals surface area contributed by atoms with Gasteiger partial charge in [0.15, 0.2) is 16.6 Å². The number of nitrogens with zero attached hydrogens (tertiary/aromatic N) is 2. The number of aromatic nitrogens is 1. The van der Waals surface area contributed by atoms with Gasteiger partial charge in [0.25, 0.3) is 0 Å². The third kappa shape index (κ3) is 6.33. The first-order valence-corrected chi connectivity index (χ1v) is 10.3. The molecule has 0 aliphatic heterocycles. The molecule has 0 unspecified atom stereocenters. The van der Waals surface area contributed by atoms with Gasteiger partial charge in [0.05, 0.1) is 33.6 Å². The fourth-order valence-electron chi connectivity index (χ4n) is 3.12. The van der Waals surface area contributed by atoms with Crippen molar-refractivity contribution in [3.05, 3.63) is 78.1 Å². The lowest BCUT2D eigenvalue weighted by molar-refractivity contribution is 0.354. The maximum Gasteiger partial charge on any atom is 0.173 e. The van der Waals surface area contributed by atoms with Gasteiger partial charge >= 0.3 is 0 Å². The molecule has 162 valence electrons. The number of benzene rings is 2. The Balaban J connectivity index is 1.73. The maximum absolute atomic E-state index is 5.73. The molecule has 0 bridgehead atoms. The van der Waals surface area contributed by atoms with Gasteiger partial charge in [0.2, 0.25) is 0 Å². The molecule has 0 fully saturated rings. The van der Waals surface area contributed by atoms with Crippen molar-refractivity contribution >= 4 is 23.0 Å². The highest BCUT2D eigenvalue weighted by Crippen LogP contribution is 2.28. The molecule has 0 aliphatic rings. The standard InChI is InChI=1S/C24H27N3O3S/c1-28-21-10-8-19(9-11-21)26-24(31)27(17-20-6-4-5-14-25-20)15-13-18-7-12-22(29-2)23(16-18)30-3/h4-12,14,16H,13,15,17H2,1-3H3,(H,26,31). The normalized spacial score (nSPS) is 10.3. The zero-order valence-electron chi connectivity index (χ0n) is 18.0. The van der Waals surface area contributed by atoms with E-state index < -0.39 is 0 Å². The van der Waals surface area contributed by atoms with E-state index in [0.29, 0.717) is 24.0 Å². The van der Waals surface area contributed by atoms with Crippen LogP contribution in [0.5, 0.6) is 17.2 Å². The quantitative estimate of drug-likeness (QED) is 0.493. The van der Waals surface area contributed by atoms with Crippen molar-refractivity contribution in [3.8, 4) is 17.2 Å². The minimum Gasteiger partial charge on any atom is -0.497 e. The van der Waals surface area contributed by atoms with E-state index in [1.165, 1.54) is 0 Å². The summed E-state index contributed by atoms with van der Waals surface area (Å²) < 4.78 is 16.0. The van der Waals surface area contributed by atoms with Crippen molar-refractivity contribution in [1.29, 1.82) is 0 Å². The average molecular weight is 438 g/mol. The minimum absolute atomic E-state index is 0.607. The molecule has 3 aromatic rings. The second kappa shape index (κ2) is 11.2. The topological polar surface area (TPSA) is 55.9 Å². The molecular formula is C24H27N3O3S. The Kier molecular flexibility index (Phi) is 8.06. The van der Waals surface area contributed by atoms with Gasteiger partial charge in [0.1, 0.15) is 5.75 Å². The molecule has 3 rings (SSSR count). The monoisotopic (exact) mass is 437 g/mol. The Morgan fingerprint density at radius 2 is 1.71 bits per heavy atom. The van der Waals surface area contributed by atoms with E-state index in [1.54, 1.807) is 27.5 Å². The molecule has 31 heavy (non-hydrogen) atoms. The Bertz CT molecular complexity index is 981. The predicted octanol–water partition coefficient (Wildman–Crippen LogP) is 4.55. The van der Waals surface area contributed by atoms with E-state index in [1.807, 2.05) is 60.7 Å². The lowest BCUT2D eigenvalue weighted by Crippen LogP contribution is -2.36. The number of thiocarbonyl (C=S) groups is 1. The van der Waals surface area contributed by atoms with Crippen LogP contribution in [0.15, 0.2) is 66.9 Å². The highest BCUT2D eigenvalue weighted by molar-refractivity contribution is 7.80. The summed E-state index contributed by atoms with van der Waals surface area (Å²) in [6.45, 7) is 1.32. The summed E-state index contributed by atoms with van der Waals surface area (Å²) in [4.78, 5) is 6.56. The Hall–Kier alpha value is -3.32. The molecular weight excluding hydrogens is 410 g/mol. The molecule has 0 saturated heterocycles. The maximum atomic E-state index is 5.73. The van der Waals surface area contributed by atoms with Gasteiger partial charge in [0, 0.05) is 18.4 Å². The van der Waals surface area contributed by atoms with Gasteiger partial charge in [-0.25, -0.2) is 0 Å². The molecule has 6 nitrogen and oxygen atoms in total. The molecule has 0 amide bonds. The van der Waals surface area contributed by atoms with Gasteiger partial charge in [-0.05, 0) is 72.7 Å². The van der Waals surface area contributed by atoms with Crippen molar-refractivity contribution < 1.29 is 14.2 Å². The Morgan fingerprint density at radius 3 is 2.35 bits per heavy atom. The van der Waals surface area contributed by atoms with Gasteiger partial charge in [-0.2, -0.15) is 0 Å². The summed E-state index contributed by atoms with van der Waals surface area (Å²) >= 11 is 5.73. The zero-order chi connectivity index (χ0) is 22.1. The molecule has 0 aliphatic carbocycles. The molecule has 0 atom stereocenters. The number of methoxy groups -OCH3 is 3. The van der Waals surface area contributed by atoms with Gasteiger partial charge in [-0.1, -0.05) is 12.1 Å². The third-order valence-electron chi connectivity index (χ3n) is 4.83. The third-order valence-corrected chi connectivity index (χ3v) is 5.19. The van der Waals surface area contributed by atoms with Gasteiger partial charge < -0.3 is 24.4 Å². The van der Waals surface area contributed by atoms with Crippen molar-refractivity contribution in [2.45, 2.75) is 13.0 Å². The number of rotatable bonds is 9. The fraction of sp³-hybridized carbons (Fsp3) is 0.250.